The fraction of sp³-hybridized carbons (Fsp3) is 0.833. The third kappa shape index (κ3) is 2.80. The number of carboxylic acids is 1. The Hall–Kier alpha value is -0.610. The molecule has 4 nitrogen and oxygen atoms in total. The monoisotopic (exact) mass is 148 g/mol. The summed E-state index contributed by atoms with van der Waals surface area (Å²) in [7, 11) is 0. The van der Waals surface area contributed by atoms with E-state index in [-0.39, 0.29) is 6.61 Å². The summed E-state index contributed by atoms with van der Waals surface area (Å²) in [5.41, 5.74) is -1.75. The fourth-order valence-electron chi connectivity index (χ4n) is 0.363. The van der Waals surface area contributed by atoms with E-state index in [0.29, 0.717) is 6.61 Å². The number of carbonyl (C=O) groups is 1. The van der Waals surface area contributed by atoms with Crippen LogP contribution >= 0.6 is 0 Å². The first-order valence-electron chi connectivity index (χ1n) is 3.04. The molecule has 0 amide bonds. The van der Waals surface area contributed by atoms with Crippen LogP contribution in [0.25, 0.3) is 0 Å². The predicted molar refractivity (Wildman–Crippen MR) is 34.8 cm³/mol. The van der Waals surface area contributed by atoms with Gasteiger partial charge in [0.1, 0.15) is 0 Å². The molecular weight excluding hydrogens is 136 g/mol. The van der Waals surface area contributed by atoms with Gasteiger partial charge in [-0.15, -0.1) is 0 Å². The van der Waals surface area contributed by atoms with E-state index in [2.05, 4.69) is 0 Å². The normalized spacial score (nSPS) is 16.3. The summed E-state index contributed by atoms with van der Waals surface area (Å²) < 4.78 is 4.73. The van der Waals surface area contributed by atoms with E-state index >= 15 is 0 Å². The third-order valence-corrected chi connectivity index (χ3v) is 1.05. The molecule has 0 aromatic heterocycles. The summed E-state index contributed by atoms with van der Waals surface area (Å²) in [6.45, 7) is 3.17. The van der Waals surface area contributed by atoms with Gasteiger partial charge in [0.2, 0.25) is 0 Å². The third-order valence-electron chi connectivity index (χ3n) is 1.05. The molecule has 4 heteroatoms. The van der Waals surface area contributed by atoms with E-state index in [1.165, 1.54) is 6.92 Å². The summed E-state index contributed by atoms with van der Waals surface area (Å²) in [4.78, 5) is 10.2. The molecule has 60 valence electrons. The summed E-state index contributed by atoms with van der Waals surface area (Å²) in [6, 6.07) is 0. The van der Waals surface area contributed by atoms with Crippen LogP contribution in [0.3, 0.4) is 0 Å². The highest BCUT2D eigenvalue weighted by Crippen LogP contribution is 2.02. The quantitative estimate of drug-likeness (QED) is 0.582. The molecule has 0 heterocycles. The van der Waals surface area contributed by atoms with Crippen molar-refractivity contribution in [3.05, 3.63) is 0 Å². The maximum Gasteiger partial charge on any atom is 0.337 e. The average Bonchev–Trinajstić information content (AvgIpc) is 1.84. The largest absolute Gasteiger partial charge is 0.479 e. The molecule has 1 unspecified atom stereocenters. The highest BCUT2D eigenvalue weighted by Gasteiger charge is 2.29. The molecular formula is C6H12O4. The Morgan fingerprint density at radius 1 is 1.70 bits per heavy atom. The second kappa shape index (κ2) is 3.53. The second-order valence-corrected chi connectivity index (χ2v) is 2.22. The molecule has 0 spiro atoms. The lowest BCUT2D eigenvalue weighted by atomic mass is 10.1. The van der Waals surface area contributed by atoms with Gasteiger partial charge in [0, 0.05) is 6.61 Å². The van der Waals surface area contributed by atoms with Crippen molar-refractivity contribution in [1.29, 1.82) is 0 Å². The van der Waals surface area contributed by atoms with Crippen molar-refractivity contribution in [1.82, 2.24) is 0 Å². The minimum Gasteiger partial charge on any atom is -0.479 e. The van der Waals surface area contributed by atoms with Crippen LogP contribution in [0.4, 0.5) is 0 Å². The van der Waals surface area contributed by atoms with Crippen LogP contribution < -0.4 is 0 Å². The predicted octanol–water partition coefficient (Wildman–Crippen LogP) is -0.142. The lowest BCUT2D eigenvalue weighted by molar-refractivity contribution is -0.162. The first-order valence-corrected chi connectivity index (χ1v) is 3.04. The zero-order valence-corrected chi connectivity index (χ0v) is 6.13. The lowest BCUT2D eigenvalue weighted by Gasteiger charge is -2.16. The Morgan fingerprint density at radius 3 is 2.50 bits per heavy atom. The molecule has 0 aliphatic carbocycles. The van der Waals surface area contributed by atoms with Crippen LogP contribution in [-0.4, -0.2) is 35.0 Å². The van der Waals surface area contributed by atoms with Gasteiger partial charge in [0.25, 0.3) is 0 Å². The molecule has 1 atom stereocenters. The molecule has 2 N–H and O–H groups in total. The number of rotatable bonds is 4. The van der Waals surface area contributed by atoms with Crippen molar-refractivity contribution in [2.45, 2.75) is 19.4 Å². The topological polar surface area (TPSA) is 66.8 Å². The lowest BCUT2D eigenvalue weighted by Crippen LogP contribution is -2.39. The number of aliphatic carboxylic acids is 1. The first kappa shape index (κ1) is 9.39. The van der Waals surface area contributed by atoms with E-state index in [0.717, 1.165) is 0 Å². The van der Waals surface area contributed by atoms with Gasteiger partial charge in [-0.25, -0.2) is 4.79 Å². The molecule has 0 aliphatic heterocycles. The zero-order valence-electron chi connectivity index (χ0n) is 6.13. The van der Waals surface area contributed by atoms with Gasteiger partial charge in [-0.2, -0.15) is 0 Å². The highest BCUT2D eigenvalue weighted by molar-refractivity contribution is 5.76. The molecule has 10 heavy (non-hydrogen) atoms. The van der Waals surface area contributed by atoms with Crippen molar-refractivity contribution in [2.75, 3.05) is 13.2 Å². The van der Waals surface area contributed by atoms with Crippen LogP contribution in [0.15, 0.2) is 0 Å². The van der Waals surface area contributed by atoms with Crippen molar-refractivity contribution >= 4 is 5.97 Å². The minimum atomic E-state index is -1.75. The summed E-state index contributed by atoms with van der Waals surface area (Å²) in [5.74, 6) is -1.26. The minimum absolute atomic E-state index is 0.168. The van der Waals surface area contributed by atoms with Gasteiger partial charge in [0.15, 0.2) is 5.60 Å². The van der Waals surface area contributed by atoms with Gasteiger partial charge in [-0.3, -0.25) is 0 Å². The number of ether oxygens (including phenoxy) is 1. The number of carboxylic acid groups (broad SMARTS) is 1. The number of hydrogen-bond acceptors (Lipinski definition) is 3. The summed E-state index contributed by atoms with van der Waals surface area (Å²) >= 11 is 0. The van der Waals surface area contributed by atoms with E-state index in [4.69, 9.17) is 14.9 Å². The van der Waals surface area contributed by atoms with E-state index in [1.807, 2.05) is 0 Å². The van der Waals surface area contributed by atoms with E-state index in [9.17, 15) is 4.79 Å². The van der Waals surface area contributed by atoms with Gasteiger partial charge >= 0.3 is 5.97 Å². The molecule has 0 rings (SSSR count). The zero-order chi connectivity index (χ0) is 8.20. The van der Waals surface area contributed by atoms with Crippen LogP contribution in [-0.2, 0) is 9.53 Å². The van der Waals surface area contributed by atoms with Gasteiger partial charge in [0.05, 0.1) is 6.61 Å². The maximum atomic E-state index is 10.2. The van der Waals surface area contributed by atoms with Gasteiger partial charge in [-0.1, -0.05) is 0 Å². The van der Waals surface area contributed by atoms with Crippen molar-refractivity contribution in [3.63, 3.8) is 0 Å². The summed E-state index contributed by atoms with van der Waals surface area (Å²) in [6.07, 6.45) is 0. The molecule has 0 saturated heterocycles. The van der Waals surface area contributed by atoms with Crippen molar-refractivity contribution in [2.24, 2.45) is 0 Å². The Labute approximate surface area is 59.4 Å². The standard InChI is InChI=1S/C6H12O4/c1-3-10-4-6(2,9)5(7)8/h9H,3-4H2,1-2H3,(H,7,8). The molecule has 0 fully saturated rings. The van der Waals surface area contributed by atoms with Crippen LogP contribution in [0.2, 0.25) is 0 Å². The molecule has 0 aromatic carbocycles. The smallest absolute Gasteiger partial charge is 0.337 e. The van der Waals surface area contributed by atoms with Crippen LogP contribution in [0, 0.1) is 0 Å². The molecule has 0 saturated carbocycles. The summed E-state index contributed by atoms with van der Waals surface area (Å²) in [5, 5.41) is 17.3. The van der Waals surface area contributed by atoms with Gasteiger partial charge < -0.3 is 14.9 Å². The molecule has 0 aliphatic rings. The molecule has 0 bridgehead atoms. The Bertz CT molecular complexity index is 119. The van der Waals surface area contributed by atoms with Gasteiger partial charge in [-0.05, 0) is 13.8 Å². The fourth-order valence-corrected chi connectivity index (χ4v) is 0.363. The number of hydrogen-bond donors (Lipinski definition) is 2. The molecule has 0 radical (unpaired) electrons. The SMILES string of the molecule is CCOCC(C)(O)C(=O)O. The Kier molecular flexibility index (Phi) is 3.32. The van der Waals surface area contributed by atoms with E-state index in [1.54, 1.807) is 6.92 Å². The highest BCUT2D eigenvalue weighted by atomic mass is 16.5. The second-order valence-electron chi connectivity index (χ2n) is 2.22. The van der Waals surface area contributed by atoms with Crippen LogP contribution in [0.5, 0.6) is 0 Å². The van der Waals surface area contributed by atoms with E-state index < -0.39 is 11.6 Å². The number of aliphatic hydroxyl groups is 1. The Morgan fingerprint density at radius 2 is 2.20 bits per heavy atom. The Balaban J connectivity index is 3.75. The first-order chi connectivity index (χ1) is 4.50. The van der Waals surface area contributed by atoms with Crippen LogP contribution in [0.1, 0.15) is 13.8 Å². The van der Waals surface area contributed by atoms with Crippen molar-refractivity contribution < 1.29 is 19.7 Å². The van der Waals surface area contributed by atoms with Crippen molar-refractivity contribution in [3.8, 4) is 0 Å². The molecule has 0 aromatic rings. The maximum absolute atomic E-state index is 10.2. The average molecular weight is 148 g/mol.